The van der Waals surface area contributed by atoms with Crippen LogP contribution in [0.4, 0.5) is 4.79 Å². The zero-order valence-electron chi connectivity index (χ0n) is 12.0. The van der Waals surface area contributed by atoms with Gasteiger partial charge in [0.15, 0.2) is 0 Å². The van der Waals surface area contributed by atoms with E-state index in [9.17, 15) is 4.79 Å². The average Bonchev–Trinajstić information content (AvgIpc) is 2.48. The predicted molar refractivity (Wildman–Crippen MR) is 86.5 cm³/mol. The number of hydrogen-bond acceptors (Lipinski definition) is 1. The molecule has 0 saturated carbocycles. The summed E-state index contributed by atoms with van der Waals surface area (Å²) in [6.45, 7) is 2.52. The molecule has 0 spiro atoms. The fourth-order valence-electron chi connectivity index (χ4n) is 2.12. The summed E-state index contributed by atoms with van der Waals surface area (Å²) in [5, 5.41) is 6.41. The number of benzene rings is 2. The van der Waals surface area contributed by atoms with Gasteiger partial charge in [-0.2, -0.15) is 0 Å². The maximum atomic E-state index is 11.9. The highest BCUT2D eigenvalue weighted by atomic mass is 35.5. The summed E-state index contributed by atoms with van der Waals surface area (Å²) >= 11 is 6.12. The molecule has 0 aliphatic carbocycles. The molecule has 21 heavy (non-hydrogen) atoms. The van der Waals surface area contributed by atoms with Gasteiger partial charge in [0.1, 0.15) is 0 Å². The molecule has 0 aliphatic rings. The second-order valence-corrected chi connectivity index (χ2v) is 5.29. The minimum absolute atomic E-state index is 0.129. The van der Waals surface area contributed by atoms with Gasteiger partial charge in [-0.1, -0.05) is 60.1 Å². The highest BCUT2D eigenvalue weighted by Crippen LogP contribution is 2.21. The summed E-state index contributed by atoms with van der Waals surface area (Å²) < 4.78 is 0. The molecule has 0 aliphatic heterocycles. The molecule has 0 heterocycles. The molecule has 1 atom stereocenters. The number of urea groups is 1. The molecule has 0 fully saturated rings. The monoisotopic (exact) mass is 302 g/mol. The Bertz CT molecular complexity index is 586. The quantitative estimate of drug-likeness (QED) is 0.863. The Kier molecular flexibility index (Phi) is 5.64. The van der Waals surface area contributed by atoms with Crippen LogP contribution in [-0.4, -0.2) is 12.6 Å². The number of nitrogens with one attached hydrogen (secondary N) is 2. The molecular weight excluding hydrogens is 284 g/mol. The van der Waals surface area contributed by atoms with Crippen LogP contribution in [0.1, 0.15) is 24.1 Å². The molecule has 0 saturated heterocycles. The first-order valence-electron chi connectivity index (χ1n) is 6.99. The van der Waals surface area contributed by atoms with Crippen molar-refractivity contribution in [3.8, 4) is 0 Å². The van der Waals surface area contributed by atoms with E-state index in [-0.39, 0.29) is 12.1 Å². The number of halogens is 1. The van der Waals surface area contributed by atoms with Gasteiger partial charge >= 0.3 is 6.03 Å². The molecular formula is C17H19ClN2O. The van der Waals surface area contributed by atoms with Gasteiger partial charge in [0.25, 0.3) is 0 Å². The number of hydrogen-bond donors (Lipinski definition) is 2. The fourth-order valence-corrected chi connectivity index (χ4v) is 2.42. The van der Waals surface area contributed by atoms with Crippen molar-refractivity contribution >= 4 is 17.6 Å². The van der Waals surface area contributed by atoms with Gasteiger partial charge in [0.2, 0.25) is 0 Å². The van der Waals surface area contributed by atoms with Crippen LogP contribution in [0.25, 0.3) is 0 Å². The zero-order valence-corrected chi connectivity index (χ0v) is 12.7. The topological polar surface area (TPSA) is 41.1 Å². The van der Waals surface area contributed by atoms with Crippen LogP contribution in [0.3, 0.4) is 0 Å². The number of carbonyl (C=O) groups excluding carboxylic acids is 1. The van der Waals surface area contributed by atoms with Crippen molar-refractivity contribution < 1.29 is 4.79 Å². The largest absolute Gasteiger partial charge is 0.338 e. The first-order valence-corrected chi connectivity index (χ1v) is 7.37. The van der Waals surface area contributed by atoms with Gasteiger partial charge in [0, 0.05) is 11.6 Å². The third kappa shape index (κ3) is 4.80. The van der Waals surface area contributed by atoms with Crippen LogP contribution in [0, 0.1) is 0 Å². The number of rotatable bonds is 5. The Morgan fingerprint density at radius 3 is 2.48 bits per heavy atom. The smallest absolute Gasteiger partial charge is 0.315 e. The highest BCUT2D eigenvalue weighted by molar-refractivity contribution is 6.31. The minimum atomic E-state index is -0.182. The Balaban J connectivity index is 1.78. The van der Waals surface area contributed by atoms with Crippen molar-refractivity contribution in [2.45, 2.75) is 19.4 Å². The third-order valence-corrected chi connectivity index (χ3v) is 3.61. The summed E-state index contributed by atoms with van der Waals surface area (Å²) in [7, 11) is 0. The van der Waals surface area contributed by atoms with Gasteiger partial charge in [-0.3, -0.25) is 0 Å². The molecule has 2 rings (SSSR count). The van der Waals surface area contributed by atoms with E-state index in [4.69, 9.17) is 11.6 Å². The third-order valence-electron chi connectivity index (χ3n) is 3.26. The average molecular weight is 303 g/mol. The molecule has 2 N–H and O–H groups in total. The summed E-state index contributed by atoms with van der Waals surface area (Å²) in [6.07, 6.45) is 0.814. The van der Waals surface area contributed by atoms with Crippen LogP contribution in [0.15, 0.2) is 54.6 Å². The molecule has 110 valence electrons. The fraction of sp³-hybridized carbons (Fsp3) is 0.235. The van der Waals surface area contributed by atoms with Crippen molar-refractivity contribution in [1.29, 1.82) is 0 Å². The van der Waals surface area contributed by atoms with E-state index < -0.39 is 0 Å². The summed E-state index contributed by atoms with van der Waals surface area (Å²) in [6, 6.07) is 17.3. The van der Waals surface area contributed by atoms with Crippen molar-refractivity contribution in [2.75, 3.05) is 6.54 Å². The van der Waals surface area contributed by atoms with Crippen LogP contribution < -0.4 is 10.6 Å². The second kappa shape index (κ2) is 7.70. The van der Waals surface area contributed by atoms with Crippen molar-refractivity contribution in [3.63, 3.8) is 0 Å². The van der Waals surface area contributed by atoms with Gasteiger partial charge in [-0.25, -0.2) is 4.79 Å². The van der Waals surface area contributed by atoms with Crippen molar-refractivity contribution in [1.82, 2.24) is 10.6 Å². The van der Waals surface area contributed by atoms with E-state index >= 15 is 0 Å². The molecule has 0 aromatic heterocycles. The van der Waals surface area contributed by atoms with E-state index in [1.807, 2.05) is 61.5 Å². The first kappa shape index (κ1) is 15.4. The number of amides is 2. The van der Waals surface area contributed by atoms with E-state index in [1.54, 1.807) is 0 Å². The maximum Gasteiger partial charge on any atom is 0.315 e. The Morgan fingerprint density at radius 2 is 1.76 bits per heavy atom. The molecule has 0 bridgehead atoms. The van der Waals surface area contributed by atoms with E-state index in [2.05, 4.69) is 10.6 Å². The molecule has 2 aromatic carbocycles. The minimum Gasteiger partial charge on any atom is -0.338 e. The Morgan fingerprint density at radius 1 is 1.10 bits per heavy atom. The van der Waals surface area contributed by atoms with Gasteiger partial charge in [-0.15, -0.1) is 0 Å². The zero-order chi connectivity index (χ0) is 15.1. The van der Waals surface area contributed by atoms with Gasteiger partial charge in [0.05, 0.1) is 6.04 Å². The van der Waals surface area contributed by atoms with Crippen molar-refractivity contribution in [3.05, 3.63) is 70.7 Å². The van der Waals surface area contributed by atoms with E-state index in [0.29, 0.717) is 11.6 Å². The molecule has 4 heteroatoms. The molecule has 0 unspecified atom stereocenters. The van der Waals surface area contributed by atoms with Crippen LogP contribution >= 0.6 is 11.6 Å². The Labute approximate surface area is 130 Å². The summed E-state index contributed by atoms with van der Waals surface area (Å²) in [5.41, 5.74) is 2.12. The van der Waals surface area contributed by atoms with Crippen LogP contribution in [0.5, 0.6) is 0 Å². The molecule has 2 amide bonds. The second-order valence-electron chi connectivity index (χ2n) is 4.88. The maximum absolute atomic E-state index is 11.9. The summed E-state index contributed by atoms with van der Waals surface area (Å²) in [4.78, 5) is 11.9. The summed E-state index contributed by atoms with van der Waals surface area (Å²) in [5.74, 6) is 0. The van der Waals surface area contributed by atoms with Crippen LogP contribution in [0.2, 0.25) is 5.02 Å². The van der Waals surface area contributed by atoms with Gasteiger partial charge < -0.3 is 10.6 Å². The van der Waals surface area contributed by atoms with E-state index in [0.717, 1.165) is 12.0 Å². The molecule has 0 radical (unpaired) electrons. The number of carbonyl (C=O) groups is 1. The Hall–Kier alpha value is -2.00. The lowest BCUT2D eigenvalue weighted by molar-refractivity contribution is 0.238. The van der Waals surface area contributed by atoms with Crippen LogP contribution in [-0.2, 0) is 6.42 Å². The molecule has 2 aromatic rings. The normalized spacial score (nSPS) is 11.7. The standard InChI is InChI=1S/C17H19ClN2O/c1-13(15-9-5-6-10-16(15)18)20-17(21)19-12-11-14-7-3-2-4-8-14/h2-10,13H,11-12H2,1H3,(H2,19,20,21)/t13-/m1/s1. The highest BCUT2D eigenvalue weighted by Gasteiger charge is 2.11. The van der Waals surface area contributed by atoms with E-state index in [1.165, 1.54) is 5.56 Å². The lowest BCUT2D eigenvalue weighted by Crippen LogP contribution is -2.38. The SMILES string of the molecule is C[C@@H](NC(=O)NCCc1ccccc1)c1ccccc1Cl. The van der Waals surface area contributed by atoms with Gasteiger partial charge in [-0.05, 0) is 30.5 Å². The predicted octanol–water partition coefficient (Wildman–Crippen LogP) is 3.94. The van der Waals surface area contributed by atoms with Crippen molar-refractivity contribution in [2.24, 2.45) is 0 Å². The molecule has 3 nitrogen and oxygen atoms in total. The first-order chi connectivity index (χ1) is 10.2. The lowest BCUT2D eigenvalue weighted by Gasteiger charge is -2.16. The lowest BCUT2D eigenvalue weighted by atomic mass is 10.1.